The van der Waals surface area contributed by atoms with Crippen LogP contribution >= 0.6 is 0 Å². The van der Waals surface area contributed by atoms with Gasteiger partial charge in [-0.1, -0.05) is 26.8 Å². The molecule has 0 saturated carbocycles. The largest absolute Gasteiger partial charge is 0.501 e. The summed E-state index contributed by atoms with van der Waals surface area (Å²) in [6, 6.07) is 3.51. The summed E-state index contributed by atoms with van der Waals surface area (Å²) in [5.74, 6) is -2.28. The lowest BCUT2D eigenvalue weighted by Crippen LogP contribution is -2.34. The summed E-state index contributed by atoms with van der Waals surface area (Å²) in [6.07, 6.45) is 0. The second-order valence-corrected chi connectivity index (χ2v) is 8.36. The highest BCUT2D eigenvalue weighted by atomic mass is 19.1. The molecule has 8 nitrogen and oxygen atoms in total. The molecule has 1 aromatic carbocycles. The molecule has 1 heterocycles. The molecule has 1 aromatic heterocycles. The number of benzene rings is 1. The Balaban J connectivity index is 2.34. The minimum absolute atomic E-state index is 0.0838. The van der Waals surface area contributed by atoms with Crippen molar-refractivity contribution in [2.45, 2.75) is 52.6 Å². The topological polar surface area (TPSA) is 113 Å². The predicted octanol–water partition coefficient (Wildman–Crippen LogP) is 1.99. The van der Waals surface area contributed by atoms with E-state index in [1.165, 1.54) is 23.7 Å². The van der Waals surface area contributed by atoms with Crippen molar-refractivity contribution in [1.29, 1.82) is 0 Å². The molecule has 0 aliphatic rings. The molecule has 0 bridgehead atoms. The minimum Gasteiger partial charge on any atom is -0.501 e. The third kappa shape index (κ3) is 5.03. The van der Waals surface area contributed by atoms with Crippen molar-refractivity contribution >= 4 is 11.8 Å². The zero-order valence-corrected chi connectivity index (χ0v) is 18.0. The quantitative estimate of drug-likeness (QED) is 0.687. The Morgan fingerprint density at radius 1 is 1.23 bits per heavy atom. The third-order valence-corrected chi connectivity index (χ3v) is 4.33. The summed E-state index contributed by atoms with van der Waals surface area (Å²) >= 11 is 0. The van der Waals surface area contributed by atoms with Gasteiger partial charge in [-0.05, 0) is 31.5 Å². The van der Waals surface area contributed by atoms with Crippen molar-refractivity contribution in [1.82, 2.24) is 20.2 Å². The van der Waals surface area contributed by atoms with Crippen molar-refractivity contribution in [2.24, 2.45) is 7.05 Å². The average Bonchev–Trinajstić information content (AvgIpc) is 2.63. The molecule has 9 heteroatoms. The second-order valence-electron chi connectivity index (χ2n) is 8.36. The number of aromatic nitrogens is 2. The van der Waals surface area contributed by atoms with E-state index in [-0.39, 0.29) is 18.2 Å². The number of carbonyl (C=O) groups excluding carboxylic acids is 2. The molecule has 0 fully saturated rings. The molecular formula is C21H27FN4O4. The fraction of sp³-hybridized carbons (Fsp3) is 0.429. The lowest BCUT2D eigenvalue weighted by Gasteiger charge is -2.22. The van der Waals surface area contributed by atoms with Crippen molar-refractivity contribution < 1.29 is 19.1 Å². The van der Waals surface area contributed by atoms with Gasteiger partial charge in [0.05, 0.1) is 0 Å². The van der Waals surface area contributed by atoms with Crippen molar-refractivity contribution in [3.05, 3.63) is 57.0 Å². The number of amides is 2. The average molecular weight is 418 g/mol. The maximum Gasteiger partial charge on any atom is 0.296 e. The van der Waals surface area contributed by atoms with Gasteiger partial charge < -0.3 is 15.7 Å². The lowest BCUT2D eigenvalue weighted by atomic mass is 9.95. The normalized spacial score (nSPS) is 11.5. The molecule has 0 aliphatic carbocycles. The molecule has 0 aliphatic heterocycles. The van der Waals surface area contributed by atoms with Crippen LogP contribution in [0.5, 0.6) is 5.75 Å². The molecule has 0 radical (unpaired) electrons. The lowest BCUT2D eigenvalue weighted by molar-refractivity contribution is 0.0925. The Morgan fingerprint density at radius 3 is 2.43 bits per heavy atom. The molecule has 3 N–H and O–H groups in total. The van der Waals surface area contributed by atoms with Crippen LogP contribution in [0.3, 0.4) is 0 Å². The van der Waals surface area contributed by atoms with E-state index in [9.17, 15) is 23.9 Å². The number of carbonyl (C=O) groups is 2. The summed E-state index contributed by atoms with van der Waals surface area (Å²) in [5.41, 5.74) is -1.23. The van der Waals surface area contributed by atoms with Gasteiger partial charge in [0.25, 0.3) is 17.4 Å². The molecule has 2 aromatic rings. The van der Waals surface area contributed by atoms with Gasteiger partial charge in [-0.2, -0.15) is 0 Å². The van der Waals surface area contributed by atoms with Crippen LogP contribution in [0, 0.1) is 5.82 Å². The summed E-state index contributed by atoms with van der Waals surface area (Å²) in [7, 11) is 1.47. The fourth-order valence-corrected chi connectivity index (χ4v) is 2.93. The number of nitrogens with one attached hydrogen (secondary N) is 2. The van der Waals surface area contributed by atoms with Gasteiger partial charge in [-0.15, -0.1) is 0 Å². The van der Waals surface area contributed by atoms with E-state index in [2.05, 4.69) is 15.6 Å². The van der Waals surface area contributed by atoms with Gasteiger partial charge in [0, 0.05) is 30.6 Å². The highest BCUT2D eigenvalue weighted by molar-refractivity contribution is 5.97. The Bertz CT molecular complexity index is 1040. The number of hydrogen-bond donors (Lipinski definition) is 3. The number of nitrogens with zero attached hydrogens (tertiary/aromatic N) is 2. The fourth-order valence-electron chi connectivity index (χ4n) is 2.93. The number of aromatic hydroxyl groups is 1. The van der Waals surface area contributed by atoms with E-state index >= 15 is 0 Å². The number of rotatable bonds is 5. The van der Waals surface area contributed by atoms with E-state index in [1.807, 2.05) is 20.8 Å². The van der Waals surface area contributed by atoms with E-state index in [4.69, 9.17) is 0 Å². The van der Waals surface area contributed by atoms with E-state index < -0.39 is 40.0 Å². The molecule has 0 spiro atoms. The van der Waals surface area contributed by atoms with E-state index in [0.29, 0.717) is 11.4 Å². The number of hydrogen-bond acceptors (Lipinski definition) is 5. The summed E-state index contributed by atoms with van der Waals surface area (Å²) < 4.78 is 14.8. The summed E-state index contributed by atoms with van der Waals surface area (Å²) in [6.45, 7) is 8.90. The Kier molecular flexibility index (Phi) is 6.64. The van der Waals surface area contributed by atoms with E-state index in [1.54, 1.807) is 13.8 Å². The zero-order valence-electron chi connectivity index (χ0n) is 18.0. The van der Waals surface area contributed by atoms with Crippen LogP contribution in [0.4, 0.5) is 4.39 Å². The first-order valence-electron chi connectivity index (χ1n) is 9.51. The molecule has 0 atom stereocenters. The molecule has 0 saturated heterocycles. The first-order chi connectivity index (χ1) is 13.8. The molecule has 162 valence electrons. The Hall–Kier alpha value is -3.23. The summed E-state index contributed by atoms with van der Waals surface area (Å²) in [5, 5.41) is 15.4. The minimum atomic E-state index is -0.782. The highest BCUT2D eigenvalue weighted by Gasteiger charge is 2.26. The van der Waals surface area contributed by atoms with Gasteiger partial charge in [0.2, 0.25) is 5.75 Å². The van der Waals surface area contributed by atoms with Gasteiger partial charge >= 0.3 is 0 Å². The Labute approximate surface area is 174 Å². The van der Waals surface area contributed by atoms with Crippen molar-refractivity contribution in [3.8, 4) is 5.75 Å². The third-order valence-electron chi connectivity index (χ3n) is 4.33. The van der Waals surface area contributed by atoms with Crippen LogP contribution in [-0.4, -0.2) is 32.5 Å². The van der Waals surface area contributed by atoms with Gasteiger partial charge in [0.1, 0.15) is 11.6 Å². The summed E-state index contributed by atoms with van der Waals surface area (Å²) in [4.78, 5) is 41.5. The van der Waals surface area contributed by atoms with Gasteiger partial charge in [-0.25, -0.2) is 9.37 Å². The second kappa shape index (κ2) is 8.64. The maximum absolute atomic E-state index is 13.7. The molecular weight excluding hydrogens is 391 g/mol. The van der Waals surface area contributed by atoms with Crippen LogP contribution in [0.25, 0.3) is 0 Å². The van der Waals surface area contributed by atoms with Crippen LogP contribution < -0.4 is 16.2 Å². The van der Waals surface area contributed by atoms with Crippen LogP contribution in [0.2, 0.25) is 0 Å². The molecule has 0 unspecified atom stereocenters. The van der Waals surface area contributed by atoms with Gasteiger partial charge in [0.15, 0.2) is 5.69 Å². The first kappa shape index (κ1) is 23.1. The molecule has 30 heavy (non-hydrogen) atoms. The predicted molar refractivity (Wildman–Crippen MR) is 110 cm³/mol. The number of halogens is 1. The Morgan fingerprint density at radius 2 is 1.87 bits per heavy atom. The highest BCUT2D eigenvalue weighted by Crippen LogP contribution is 2.21. The maximum atomic E-state index is 13.7. The van der Waals surface area contributed by atoms with Crippen molar-refractivity contribution in [3.63, 3.8) is 0 Å². The molecule has 2 rings (SSSR count). The first-order valence-corrected chi connectivity index (χ1v) is 9.51. The van der Waals surface area contributed by atoms with Gasteiger partial charge in [-0.3, -0.25) is 19.0 Å². The van der Waals surface area contributed by atoms with Crippen molar-refractivity contribution in [2.75, 3.05) is 0 Å². The monoisotopic (exact) mass is 418 g/mol. The SMILES string of the molecule is CC(C)NC(=O)c1cc(F)ccc1CNC(=O)c1nc(C(C)(C)C)n(C)c(=O)c1O. The van der Waals surface area contributed by atoms with Crippen LogP contribution in [0.15, 0.2) is 23.0 Å². The van der Waals surface area contributed by atoms with E-state index in [0.717, 1.165) is 6.07 Å². The standard InChI is InChI=1S/C21H27FN4O4/c1-11(2)24-17(28)14-9-13(22)8-7-12(14)10-23-18(29)15-16(27)19(30)26(6)20(25-15)21(3,4)5/h7-9,11,27H,10H2,1-6H3,(H,23,29)(H,24,28). The molecule has 2 amide bonds. The van der Waals surface area contributed by atoms with Crippen LogP contribution in [0.1, 0.15) is 66.9 Å². The smallest absolute Gasteiger partial charge is 0.296 e. The van der Waals surface area contributed by atoms with Crippen LogP contribution in [-0.2, 0) is 19.0 Å². The zero-order chi connectivity index (χ0) is 22.8.